The van der Waals surface area contributed by atoms with Crippen molar-refractivity contribution in [2.45, 2.75) is 6.92 Å². The number of nitrogens with one attached hydrogen (secondary N) is 1. The minimum absolute atomic E-state index is 0.193. The molecule has 0 bridgehead atoms. The zero-order valence-corrected chi connectivity index (χ0v) is 8.49. The fourth-order valence-electron chi connectivity index (χ4n) is 1.09. The monoisotopic (exact) mass is 210 g/mol. The van der Waals surface area contributed by atoms with Crippen molar-refractivity contribution < 1.29 is 9.53 Å². The van der Waals surface area contributed by atoms with Gasteiger partial charge >= 0.3 is 6.09 Å². The van der Waals surface area contributed by atoms with E-state index in [9.17, 15) is 4.79 Å². The number of rotatable bonds is 4. The lowest BCUT2D eigenvalue weighted by Gasteiger charge is -2.08. The molecule has 15 heavy (non-hydrogen) atoms. The van der Waals surface area contributed by atoms with Gasteiger partial charge in [0, 0.05) is 19.2 Å². The largest absolute Gasteiger partial charge is 0.411 e. The van der Waals surface area contributed by atoms with Gasteiger partial charge in [0.05, 0.1) is 11.4 Å². The maximum Gasteiger partial charge on any atom is 0.411 e. The Morgan fingerprint density at radius 2 is 2.33 bits per heavy atom. The van der Waals surface area contributed by atoms with Crippen molar-refractivity contribution in [1.82, 2.24) is 4.98 Å². The van der Waals surface area contributed by atoms with Gasteiger partial charge in [0.25, 0.3) is 0 Å². The summed E-state index contributed by atoms with van der Waals surface area (Å²) in [6.07, 6.45) is -0.871. The molecule has 1 aromatic heterocycles. The van der Waals surface area contributed by atoms with Gasteiger partial charge in [0.15, 0.2) is 0 Å². The molecule has 82 valence electrons. The van der Waals surface area contributed by atoms with Crippen LogP contribution < -0.4 is 21.5 Å². The van der Waals surface area contributed by atoms with Crippen LogP contribution in [0.4, 0.5) is 10.5 Å². The Labute approximate surface area is 87.6 Å². The maximum atomic E-state index is 10.5. The number of carbonyl (C=O) groups is 1. The molecule has 1 rings (SSSR count). The molecule has 0 atom stereocenters. The highest BCUT2D eigenvalue weighted by atomic mass is 16.6. The molecule has 0 aliphatic rings. The summed E-state index contributed by atoms with van der Waals surface area (Å²) in [6.45, 7) is 3.00. The van der Waals surface area contributed by atoms with Gasteiger partial charge in [-0.1, -0.05) is 0 Å². The van der Waals surface area contributed by atoms with Crippen LogP contribution in [0.3, 0.4) is 0 Å². The number of primary amides is 1. The van der Waals surface area contributed by atoms with E-state index in [2.05, 4.69) is 15.0 Å². The number of nitrogens with zero attached hydrogens (tertiary/aromatic N) is 1. The van der Waals surface area contributed by atoms with Crippen LogP contribution in [0.25, 0.3) is 0 Å². The van der Waals surface area contributed by atoms with Crippen molar-refractivity contribution in [3.05, 3.63) is 17.8 Å². The van der Waals surface area contributed by atoms with Crippen LogP contribution >= 0.6 is 0 Å². The van der Waals surface area contributed by atoms with Crippen LogP contribution in [0, 0.1) is 6.92 Å². The van der Waals surface area contributed by atoms with Gasteiger partial charge in [0.1, 0.15) is 0 Å². The van der Waals surface area contributed by atoms with Crippen LogP contribution in [-0.4, -0.2) is 24.2 Å². The molecule has 0 unspecified atom stereocenters. The Hall–Kier alpha value is -1.82. The third kappa shape index (κ3) is 3.43. The number of carbonyl (C=O) groups excluding carboxylic acids is 1. The van der Waals surface area contributed by atoms with E-state index in [1.807, 2.05) is 0 Å². The van der Waals surface area contributed by atoms with E-state index < -0.39 is 6.09 Å². The molecule has 0 aliphatic carbocycles. The zero-order valence-electron chi connectivity index (χ0n) is 8.49. The average molecular weight is 210 g/mol. The summed E-state index contributed by atoms with van der Waals surface area (Å²) < 4.78 is 4.63. The molecule has 1 heterocycles. The molecular weight excluding hydrogens is 196 g/mol. The highest BCUT2D eigenvalue weighted by Gasteiger charge is 2.03. The number of anilines is 1. The number of amides is 1. The van der Waals surface area contributed by atoms with Crippen LogP contribution in [0.15, 0.2) is 12.1 Å². The minimum Gasteiger partial charge on any atom is -0.391 e. The Balaban J connectivity index is 2.74. The first-order valence-electron chi connectivity index (χ1n) is 4.52. The summed E-state index contributed by atoms with van der Waals surface area (Å²) >= 11 is 0. The smallest absolute Gasteiger partial charge is 0.391 e. The third-order valence-corrected chi connectivity index (χ3v) is 1.73. The molecule has 0 saturated heterocycles. The van der Waals surface area contributed by atoms with Crippen LogP contribution in [0.2, 0.25) is 0 Å². The Bertz CT molecular complexity index is 354. The lowest BCUT2D eigenvalue weighted by Crippen LogP contribution is -2.17. The lowest BCUT2D eigenvalue weighted by atomic mass is 10.3. The van der Waals surface area contributed by atoms with Gasteiger partial charge in [-0.05, 0) is 13.0 Å². The minimum atomic E-state index is -0.871. The fraction of sp³-hybridized carbons (Fsp3) is 0.333. The molecule has 0 fully saturated rings. The van der Waals surface area contributed by atoms with Crippen LogP contribution in [0.5, 0.6) is 5.88 Å². The first kappa shape index (κ1) is 11.3. The molecule has 0 aliphatic heterocycles. The lowest BCUT2D eigenvalue weighted by molar-refractivity contribution is 0.209. The molecule has 1 amide bonds. The van der Waals surface area contributed by atoms with E-state index in [-0.39, 0.29) is 5.88 Å². The molecule has 0 aromatic carbocycles. The number of pyridine rings is 1. The summed E-state index contributed by atoms with van der Waals surface area (Å²) in [5.74, 6) is 0.193. The summed E-state index contributed by atoms with van der Waals surface area (Å²) in [7, 11) is 0. The van der Waals surface area contributed by atoms with Crippen molar-refractivity contribution in [3.63, 3.8) is 0 Å². The second kappa shape index (κ2) is 5.16. The number of hydrogen-bond donors (Lipinski definition) is 3. The highest BCUT2D eigenvalue weighted by molar-refractivity contribution is 5.67. The number of aromatic nitrogens is 1. The van der Waals surface area contributed by atoms with E-state index in [0.717, 1.165) is 11.4 Å². The summed E-state index contributed by atoms with van der Waals surface area (Å²) in [6, 6.07) is 3.33. The number of nitrogens with two attached hydrogens (primary N) is 2. The summed E-state index contributed by atoms with van der Waals surface area (Å²) in [5.41, 5.74) is 11.8. The van der Waals surface area contributed by atoms with Gasteiger partial charge in [-0.25, -0.2) is 9.78 Å². The molecule has 0 saturated carbocycles. The summed E-state index contributed by atoms with van der Waals surface area (Å²) in [4.78, 5) is 14.5. The van der Waals surface area contributed by atoms with Gasteiger partial charge in [-0.3, -0.25) is 0 Å². The zero-order chi connectivity index (χ0) is 11.3. The van der Waals surface area contributed by atoms with E-state index in [1.54, 1.807) is 19.1 Å². The Kier molecular flexibility index (Phi) is 3.87. The van der Waals surface area contributed by atoms with E-state index in [1.165, 1.54) is 0 Å². The van der Waals surface area contributed by atoms with Crippen molar-refractivity contribution in [2.75, 3.05) is 18.4 Å². The predicted octanol–water partition coefficient (Wildman–Crippen LogP) is 0.218. The number of ether oxygens (including phenoxy) is 1. The van der Waals surface area contributed by atoms with Gasteiger partial charge in [0.2, 0.25) is 5.88 Å². The molecule has 5 N–H and O–H groups in total. The van der Waals surface area contributed by atoms with E-state index in [0.29, 0.717) is 13.1 Å². The Morgan fingerprint density at radius 1 is 1.60 bits per heavy atom. The van der Waals surface area contributed by atoms with Crippen LogP contribution in [0.1, 0.15) is 5.69 Å². The van der Waals surface area contributed by atoms with Crippen molar-refractivity contribution in [2.24, 2.45) is 11.5 Å². The maximum absolute atomic E-state index is 10.5. The predicted molar refractivity (Wildman–Crippen MR) is 56.7 cm³/mol. The highest BCUT2D eigenvalue weighted by Crippen LogP contribution is 2.16. The molecule has 0 radical (unpaired) electrons. The normalized spacial score (nSPS) is 9.73. The molecule has 6 nitrogen and oxygen atoms in total. The van der Waals surface area contributed by atoms with Gasteiger partial charge in [-0.15, -0.1) is 0 Å². The number of hydrogen-bond acceptors (Lipinski definition) is 5. The topological polar surface area (TPSA) is 103 Å². The van der Waals surface area contributed by atoms with Crippen molar-refractivity contribution in [1.29, 1.82) is 0 Å². The third-order valence-electron chi connectivity index (χ3n) is 1.73. The van der Waals surface area contributed by atoms with E-state index >= 15 is 0 Å². The van der Waals surface area contributed by atoms with Gasteiger partial charge < -0.3 is 21.5 Å². The second-order valence-corrected chi connectivity index (χ2v) is 2.92. The van der Waals surface area contributed by atoms with Gasteiger partial charge in [-0.2, -0.15) is 0 Å². The Morgan fingerprint density at radius 3 is 2.87 bits per heavy atom. The van der Waals surface area contributed by atoms with E-state index in [4.69, 9.17) is 11.5 Å². The molecule has 0 spiro atoms. The van der Waals surface area contributed by atoms with Crippen molar-refractivity contribution in [3.8, 4) is 5.88 Å². The molecule has 1 aromatic rings. The first-order chi connectivity index (χ1) is 7.13. The summed E-state index contributed by atoms with van der Waals surface area (Å²) in [5, 5.41) is 3.08. The standard InChI is InChI=1S/C9H14N4O2/c1-6-7(12-5-4-10)2-3-8(13-6)15-9(11)14/h2-3,12H,4-5,10H2,1H3,(H2,11,14). The fourth-order valence-corrected chi connectivity index (χ4v) is 1.09. The average Bonchev–Trinajstić information content (AvgIpc) is 2.15. The van der Waals surface area contributed by atoms with Crippen LogP contribution in [-0.2, 0) is 0 Å². The SMILES string of the molecule is Cc1nc(OC(N)=O)ccc1NCCN. The molecular formula is C9H14N4O2. The molecule has 6 heteroatoms. The first-order valence-corrected chi connectivity index (χ1v) is 4.52. The van der Waals surface area contributed by atoms with Crippen molar-refractivity contribution >= 4 is 11.8 Å². The second-order valence-electron chi connectivity index (χ2n) is 2.92. The quantitative estimate of drug-likeness (QED) is 0.659. The number of aryl methyl sites for hydroxylation is 1.